The van der Waals surface area contributed by atoms with Crippen LogP contribution >= 0.6 is 0 Å². The molecule has 4 nitrogen and oxygen atoms in total. The van der Waals surface area contributed by atoms with Gasteiger partial charge in [-0.2, -0.15) is 8.42 Å². The summed E-state index contributed by atoms with van der Waals surface area (Å²) in [7, 11) is -3.80. The van der Waals surface area contributed by atoms with Crippen LogP contribution in [0.25, 0.3) is 0 Å². The average Bonchev–Trinajstić information content (AvgIpc) is 1.83. The second-order valence-corrected chi connectivity index (χ2v) is 4.92. The van der Waals surface area contributed by atoms with Gasteiger partial charge in [-0.05, 0) is 11.5 Å². The highest BCUT2D eigenvalue weighted by atomic mass is 32.3. The van der Waals surface area contributed by atoms with E-state index in [1.54, 1.807) is 6.08 Å². The minimum Gasteiger partial charge on any atom is -0.370 e. The zero-order valence-electron chi connectivity index (χ0n) is 7.27. The maximum atomic E-state index is 10.8. The van der Waals surface area contributed by atoms with Crippen molar-refractivity contribution >= 4 is 10.4 Å². The summed E-state index contributed by atoms with van der Waals surface area (Å²) in [4.78, 5) is 0. The molecule has 1 atom stereocenters. The first-order valence-electron chi connectivity index (χ1n) is 3.59. The first-order valence-corrected chi connectivity index (χ1v) is 4.93. The van der Waals surface area contributed by atoms with Crippen molar-refractivity contribution in [2.24, 2.45) is 5.41 Å². The summed E-state index contributed by atoms with van der Waals surface area (Å²) in [5, 5.41) is 0. The molecule has 0 radical (unpaired) electrons. The Morgan fingerprint density at radius 1 is 1.33 bits per heavy atom. The molecule has 1 unspecified atom stereocenters. The summed E-state index contributed by atoms with van der Waals surface area (Å²) in [5.41, 5.74) is -0.243. The largest absolute Gasteiger partial charge is 0.449 e. The van der Waals surface area contributed by atoms with E-state index >= 15 is 0 Å². The Hall–Kier alpha value is -0.550. The van der Waals surface area contributed by atoms with Crippen molar-refractivity contribution in [2.45, 2.75) is 26.9 Å². The van der Waals surface area contributed by atoms with E-state index in [0.717, 1.165) is 6.26 Å². The van der Waals surface area contributed by atoms with Gasteiger partial charge < -0.3 is 4.18 Å². The summed E-state index contributed by atoms with van der Waals surface area (Å²) in [6.07, 6.45) is 2.28. The van der Waals surface area contributed by atoms with Crippen molar-refractivity contribution in [2.75, 3.05) is 0 Å². The Bertz CT molecular complexity index is 283. The van der Waals surface area contributed by atoms with E-state index in [4.69, 9.17) is 4.18 Å². The Labute approximate surface area is 72.5 Å². The van der Waals surface area contributed by atoms with E-state index in [1.807, 2.05) is 20.8 Å². The van der Waals surface area contributed by atoms with Gasteiger partial charge in [-0.25, -0.2) is 4.18 Å². The lowest BCUT2D eigenvalue weighted by atomic mass is 9.89. The van der Waals surface area contributed by atoms with Crippen LogP contribution in [0, 0.1) is 5.41 Å². The number of rotatable bonds is 0. The number of hydrogen-bond donors (Lipinski definition) is 0. The Morgan fingerprint density at radius 3 is 2.25 bits per heavy atom. The highest BCUT2D eigenvalue weighted by Gasteiger charge is 2.31. The van der Waals surface area contributed by atoms with Gasteiger partial charge in [0.25, 0.3) is 0 Å². The van der Waals surface area contributed by atoms with Gasteiger partial charge >= 0.3 is 10.4 Å². The summed E-state index contributed by atoms with van der Waals surface area (Å²) < 4.78 is 30.6. The Balaban J connectivity index is 2.85. The molecule has 0 spiro atoms. The van der Waals surface area contributed by atoms with Gasteiger partial charge in [-0.3, -0.25) is 0 Å². The molecule has 0 amide bonds. The van der Waals surface area contributed by atoms with Crippen LogP contribution in [0.1, 0.15) is 20.8 Å². The lowest BCUT2D eigenvalue weighted by molar-refractivity contribution is 0.103. The van der Waals surface area contributed by atoms with E-state index in [0.29, 0.717) is 0 Å². The van der Waals surface area contributed by atoms with Crippen LogP contribution in [0.3, 0.4) is 0 Å². The summed E-state index contributed by atoms with van der Waals surface area (Å²) in [5.74, 6) is 0. The summed E-state index contributed by atoms with van der Waals surface area (Å²) >= 11 is 0. The molecule has 1 aliphatic heterocycles. The monoisotopic (exact) mass is 192 g/mol. The molecule has 0 saturated heterocycles. The molecule has 5 heteroatoms. The third-order valence-corrected chi connectivity index (χ3v) is 2.29. The summed E-state index contributed by atoms with van der Waals surface area (Å²) in [6, 6.07) is 0. The van der Waals surface area contributed by atoms with Crippen molar-refractivity contribution in [3.63, 3.8) is 0 Å². The molecular weight excluding hydrogens is 180 g/mol. The molecular formula is C7H12O4S. The highest BCUT2D eigenvalue weighted by molar-refractivity contribution is 7.82. The minimum atomic E-state index is -3.80. The maximum Gasteiger partial charge on any atom is 0.449 e. The number of hydrogen-bond acceptors (Lipinski definition) is 4. The van der Waals surface area contributed by atoms with Crippen LogP contribution in [0.15, 0.2) is 12.3 Å². The Morgan fingerprint density at radius 2 is 1.92 bits per heavy atom. The van der Waals surface area contributed by atoms with Crippen molar-refractivity contribution in [1.82, 2.24) is 0 Å². The third-order valence-electron chi connectivity index (χ3n) is 1.50. The van der Waals surface area contributed by atoms with E-state index in [2.05, 4.69) is 4.18 Å². The molecule has 12 heavy (non-hydrogen) atoms. The van der Waals surface area contributed by atoms with Crippen molar-refractivity contribution in [3.8, 4) is 0 Å². The van der Waals surface area contributed by atoms with E-state index in [9.17, 15) is 8.42 Å². The van der Waals surface area contributed by atoms with Gasteiger partial charge in [0.15, 0.2) is 0 Å². The first-order chi connectivity index (χ1) is 5.31. The van der Waals surface area contributed by atoms with Crippen LogP contribution in [0.5, 0.6) is 0 Å². The molecule has 0 N–H and O–H groups in total. The molecule has 0 aromatic carbocycles. The molecule has 70 valence electrons. The Kier molecular flexibility index (Phi) is 2.18. The van der Waals surface area contributed by atoms with Gasteiger partial charge in [0.2, 0.25) is 0 Å². The van der Waals surface area contributed by atoms with Gasteiger partial charge in [-0.1, -0.05) is 20.8 Å². The summed E-state index contributed by atoms with van der Waals surface area (Å²) in [6.45, 7) is 5.68. The zero-order valence-corrected chi connectivity index (χ0v) is 8.09. The van der Waals surface area contributed by atoms with E-state index in [-0.39, 0.29) is 5.41 Å². The normalized spacial score (nSPS) is 28.1. The average molecular weight is 192 g/mol. The van der Waals surface area contributed by atoms with Crippen molar-refractivity contribution < 1.29 is 16.8 Å². The van der Waals surface area contributed by atoms with Crippen LogP contribution in [0.2, 0.25) is 0 Å². The molecule has 0 bridgehead atoms. The molecule has 0 fully saturated rings. The van der Waals surface area contributed by atoms with E-state index in [1.165, 1.54) is 0 Å². The molecule has 1 rings (SSSR count). The van der Waals surface area contributed by atoms with Gasteiger partial charge in [0.1, 0.15) is 12.4 Å². The third kappa shape index (κ3) is 2.22. The van der Waals surface area contributed by atoms with Crippen LogP contribution in [-0.4, -0.2) is 14.5 Å². The second-order valence-electron chi connectivity index (χ2n) is 3.72. The molecule has 0 saturated carbocycles. The molecule has 1 heterocycles. The van der Waals surface area contributed by atoms with Gasteiger partial charge in [0, 0.05) is 0 Å². The van der Waals surface area contributed by atoms with Gasteiger partial charge in [-0.15, -0.1) is 0 Å². The minimum absolute atomic E-state index is 0.243. The molecule has 0 aliphatic carbocycles. The second kappa shape index (κ2) is 2.74. The van der Waals surface area contributed by atoms with Crippen LogP contribution < -0.4 is 0 Å². The molecule has 1 aliphatic rings. The highest BCUT2D eigenvalue weighted by Crippen LogP contribution is 2.27. The molecule has 0 aromatic rings. The fraction of sp³-hybridized carbons (Fsp3) is 0.714. The van der Waals surface area contributed by atoms with Crippen molar-refractivity contribution in [1.29, 1.82) is 0 Å². The van der Waals surface area contributed by atoms with Crippen LogP contribution in [0.4, 0.5) is 0 Å². The van der Waals surface area contributed by atoms with Crippen molar-refractivity contribution in [3.05, 3.63) is 12.3 Å². The fourth-order valence-electron chi connectivity index (χ4n) is 0.786. The quantitative estimate of drug-likeness (QED) is 0.578. The SMILES string of the molecule is CC(C)(C)C1C=COS(=O)(=O)O1. The zero-order chi connectivity index (χ0) is 9.41. The predicted octanol–water partition coefficient (Wildman–Crippen LogP) is 1.21. The fourth-order valence-corrected chi connectivity index (χ4v) is 1.64. The lowest BCUT2D eigenvalue weighted by Crippen LogP contribution is -2.32. The van der Waals surface area contributed by atoms with Crippen LogP contribution in [-0.2, 0) is 18.8 Å². The smallest absolute Gasteiger partial charge is 0.370 e. The van der Waals surface area contributed by atoms with E-state index < -0.39 is 16.5 Å². The maximum absolute atomic E-state index is 10.8. The predicted molar refractivity (Wildman–Crippen MR) is 43.5 cm³/mol. The first kappa shape index (κ1) is 9.54. The topological polar surface area (TPSA) is 52.6 Å². The van der Waals surface area contributed by atoms with Gasteiger partial charge in [0.05, 0.1) is 0 Å². The molecule has 0 aromatic heterocycles. The standard InChI is InChI=1S/C7H12O4S/c1-7(2,3)6-4-5-10-12(8,9)11-6/h4-6H,1-3H3. The lowest BCUT2D eigenvalue weighted by Gasteiger charge is -2.28.